The average Bonchev–Trinajstić information content (AvgIpc) is 3.20. The highest BCUT2D eigenvalue weighted by Gasteiger charge is 2.20. The van der Waals surface area contributed by atoms with Crippen molar-refractivity contribution in [3.63, 3.8) is 0 Å². The number of nitrogens with one attached hydrogen (secondary N) is 1. The second kappa shape index (κ2) is 8.65. The van der Waals surface area contributed by atoms with Crippen LogP contribution >= 0.6 is 0 Å². The zero-order valence-electron chi connectivity index (χ0n) is 17.7. The van der Waals surface area contributed by atoms with Gasteiger partial charge in [0.15, 0.2) is 0 Å². The van der Waals surface area contributed by atoms with E-state index in [1.165, 1.54) is 23.0 Å². The minimum absolute atomic E-state index is 0.0112. The monoisotopic (exact) mass is 451 g/mol. The van der Waals surface area contributed by atoms with Crippen LogP contribution in [0, 0.1) is 18.6 Å². The first-order valence-electron chi connectivity index (χ1n) is 9.85. The van der Waals surface area contributed by atoms with E-state index in [1.54, 1.807) is 32.3 Å². The third-order valence-electron chi connectivity index (χ3n) is 4.97. The van der Waals surface area contributed by atoms with E-state index in [9.17, 15) is 18.4 Å². The van der Waals surface area contributed by atoms with Crippen LogP contribution in [0.3, 0.4) is 0 Å². The Bertz CT molecular complexity index is 1410. The van der Waals surface area contributed by atoms with Crippen LogP contribution in [0.1, 0.15) is 21.8 Å². The van der Waals surface area contributed by atoms with Crippen LogP contribution in [0.15, 0.2) is 58.1 Å². The highest BCUT2D eigenvalue weighted by atomic mass is 19.1. The van der Waals surface area contributed by atoms with Gasteiger partial charge in [-0.05, 0) is 31.2 Å². The maximum atomic E-state index is 13.9. The SMILES string of the molecule is Cc1cc(-c2nc(CNC(=O)c3c(F)cccc3F)c(N)nc2-c2ccc(=O)n(C)c2)co1. The summed E-state index contributed by atoms with van der Waals surface area (Å²) in [5.74, 6) is -2.26. The lowest BCUT2D eigenvalue weighted by Gasteiger charge is -2.13. The molecule has 0 saturated carbocycles. The van der Waals surface area contributed by atoms with Crippen molar-refractivity contribution < 1.29 is 18.0 Å². The summed E-state index contributed by atoms with van der Waals surface area (Å²) >= 11 is 0. The first kappa shape index (κ1) is 21.9. The molecule has 1 amide bonds. The van der Waals surface area contributed by atoms with Crippen LogP contribution in [-0.2, 0) is 13.6 Å². The molecule has 3 aromatic heterocycles. The number of amides is 1. The first-order chi connectivity index (χ1) is 15.7. The van der Waals surface area contributed by atoms with Crippen LogP contribution in [0.5, 0.6) is 0 Å². The molecule has 168 valence electrons. The van der Waals surface area contributed by atoms with Crippen molar-refractivity contribution in [1.82, 2.24) is 19.9 Å². The lowest BCUT2D eigenvalue weighted by molar-refractivity contribution is 0.0942. The molecule has 0 aliphatic rings. The lowest BCUT2D eigenvalue weighted by Crippen LogP contribution is -2.26. The van der Waals surface area contributed by atoms with Crippen molar-refractivity contribution in [2.45, 2.75) is 13.5 Å². The number of nitrogens with two attached hydrogens (primary N) is 1. The Morgan fingerprint density at radius 3 is 2.45 bits per heavy atom. The third kappa shape index (κ3) is 4.36. The molecule has 0 fully saturated rings. The standard InChI is InChI=1S/C23H19F2N5O3/c1-12-8-14(11-33-12)21-20(13-6-7-18(31)30(2)10-13)29-22(26)17(28-21)9-27-23(32)19-15(24)4-3-5-16(19)25/h3-8,10-11H,9H2,1-2H3,(H2,26,29)(H,27,32). The van der Waals surface area contributed by atoms with E-state index in [4.69, 9.17) is 10.2 Å². The number of halogens is 2. The van der Waals surface area contributed by atoms with Crippen LogP contribution < -0.4 is 16.6 Å². The number of hydrogen-bond acceptors (Lipinski definition) is 6. The number of rotatable bonds is 5. The fraction of sp³-hybridized carbons (Fsp3) is 0.130. The fourth-order valence-electron chi connectivity index (χ4n) is 3.28. The van der Waals surface area contributed by atoms with E-state index in [-0.39, 0.29) is 23.6 Å². The normalized spacial score (nSPS) is 10.9. The molecule has 1 aromatic carbocycles. The average molecular weight is 451 g/mol. The summed E-state index contributed by atoms with van der Waals surface area (Å²) in [7, 11) is 1.61. The Hall–Kier alpha value is -4.34. The van der Waals surface area contributed by atoms with Crippen LogP contribution in [-0.4, -0.2) is 20.4 Å². The largest absolute Gasteiger partial charge is 0.469 e. The third-order valence-corrected chi connectivity index (χ3v) is 4.97. The maximum Gasteiger partial charge on any atom is 0.257 e. The fourth-order valence-corrected chi connectivity index (χ4v) is 3.28. The summed E-state index contributed by atoms with van der Waals surface area (Å²) in [6.45, 7) is 1.55. The molecule has 4 rings (SSSR count). The van der Waals surface area contributed by atoms with E-state index in [1.807, 2.05) is 0 Å². The number of hydrogen-bond donors (Lipinski definition) is 2. The quantitative estimate of drug-likeness (QED) is 0.481. The van der Waals surface area contributed by atoms with Gasteiger partial charge in [-0.15, -0.1) is 0 Å². The minimum atomic E-state index is -0.980. The van der Waals surface area contributed by atoms with Gasteiger partial charge in [0, 0.05) is 30.4 Å². The van der Waals surface area contributed by atoms with E-state index in [2.05, 4.69) is 15.3 Å². The number of aromatic nitrogens is 3. The number of anilines is 1. The van der Waals surface area contributed by atoms with E-state index < -0.39 is 23.1 Å². The van der Waals surface area contributed by atoms with Crippen molar-refractivity contribution >= 4 is 11.7 Å². The number of carbonyl (C=O) groups is 1. The second-order valence-corrected chi connectivity index (χ2v) is 7.35. The van der Waals surface area contributed by atoms with Gasteiger partial charge in [-0.3, -0.25) is 9.59 Å². The first-order valence-corrected chi connectivity index (χ1v) is 9.85. The smallest absolute Gasteiger partial charge is 0.257 e. The summed E-state index contributed by atoms with van der Waals surface area (Å²) in [4.78, 5) is 33.2. The van der Waals surface area contributed by atoms with E-state index >= 15 is 0 Å². The van der Waals surface area contributed by atoms with Gasteiger partial charge in [-0.2, -0.15) is 0 Å². The molecule has 0 unspecified atom stereocenters. The number of nitrogen functional groups attached to an aromatic ring is 1. The Morgan fingerprint density at radius 1 is 1.12 bits per heavy atom. The van der Waals surface area contributed by atoms with Crippen molar-refractivity contribution in [1.29, 1.82) is 0 Å². The van der Waals surface area contributed by atoms with Crippen molar-refractivity contribution in [3.05, 3.63) is 87.9 Å². The molecular formula is C23H19F2N5O3. The predicted octanol–water partition coefficient (Wildman–Crippen LogP) is 3.20. The van der Waals surface area contributed by atoms with Crippen LogP contribution in [0.2, 0.25) is 0 Å². The van der Waals surface area contributed by atoms with E-state index in [0.29, 0.717) is 28.3 Å². The molecule has 0 atom stereocenters. The second-order valence-electron chi connectivity index (χ2n) is 7.35. The molecule has 10 heteroatoms. The number of nitrogens with zero attached hydrogens (tertiary/aromatic N) is 3. The van der Waals surface area contributed by atoms with Gasteiger partial charge in [0.1, 0.15) is 52.1 Å². The highest BCUT2D eigenvalue weighted by molar-refractivity contribution is 5.94. The molecule has 0 bridgehead atoms. The van der Waals surface area contributed by atoms with Gasteiger partial charge in [0.05, 0.1) is 6.54 Å². The summed E-state index contributed by atoms with van der Waals surface area (Å²) in [6, 6.07) is 7.91. The molecular weight excluding hydrogens is 432 g/mol. The molecule has 0 saturated heterocycles. The van der Waals surface area contributed by atoms with Gasteiger partial charge < -0.3 is 20.0 Å². The Balaban J connectivity index is 1.73. The van der Waals surface area contributed by atoms with Gasteiger partial charge in [-0.25, -0.2) is 18.7 Å². The minimum Gasteiger partial charge on any atom is -0.469 e. The molecule has 0 radical (unpaired) electrons. The summed E-state index contributed by atoms with van der Waals surface area (Å²) in [6.07, 6.45) is 3.10. The maximum absolute atomic E-state index is 13.9. The number of aryl methyl sites for hydroxylation is 2. The molecule has 33 heavy (non-hydrogen) atoms. The van der Waals surface area contributed by atoms with Crippen LogP contribution in [0.25, 0.3) is 22.5 Å². The van der Waals surface area contributed by atoms with Crippen molar-refractivity contribution in [3.8, 4) is 22.5 Å². The summed E-state index contributed by atoms with van der Waals surface area (Å²) in [5.41, 5.74) is 7.41. The summed E-state index contributed by atoms with van der Waals surface area (Å²) in [5, 5.41) is 2.43. The van der Waals surface area contributed by atoms with Crippen LogP contribution in [0.4, 0.5) is 14.6 Å². The molecule has 3 heterocycles. The summed E-state index contributed by atoms with van der Waals surface area (Å²) < 4.78 is 34.6. The van der Waals surface area contributed by atoms with Gasteiger partial charge >= 0.3 is 0 Å². The van der Waals surface area contributed by atoms with Crippen molar-refractivity contribution in [2.24, 2.45) is 7.05 Å². The lowest BCUT2D eigenvalue weighted by atomic mass is 10.1. The Morgan fingerprint density at radius 2 is 1.82 bits per heavy atom. The molecule has 0 aliphatic heterocycles. The topological polar surface area (TPSA) is 116 Å². The highest BCUT2D eigenvalue weighted by Crippen LogP contribution is 2.31. The molecule has 4 aromatic rings. The number of furan rings is 1. The van der Waals surface area contributed by atoms with Gasteiger partial charge in [0.25, 0.3) is 5.91 Å². The Labute approximate surface area is 186 Å². The molecule has 3 N–H and O–H groups in total. The number of carbonyl (C=O) groups excluding carboxylic acids is 1. The zero-order chi connectivity index (χ0) is 23.7. The molecule has 0 aliphatic carbocycles. The van der Waals surface area contributed by atoms with Crippen molar-refractivity contribution in [2.75, 3.05) is 5.73 Å². The number of benzene rings is 1. The van der Waals surface area contributed by atoms with E-state index in [0.717, 1.165) is 12.1 Å². The van der Waals surface area contributed by atoms with Gasteiger partial charge in [0.2, 0.25) is 5.56 Å². The predicted molar refractivity (Wildman–Crippen MR) is 117 cm³/mol. The van der Waals surface area contributed by atoms with Gasteiger partial charge in [-0.1, -0.05) is 6.07 Å². The zero-order valence-corrected chi connectivity index (χ0v) is 17.7. The molecule has 0 spiro atoms. The Kier molecular flexibility index (Phi) is 5.74. The molecule has 8 nitrogen and oxygen atoms in total. The number of pyridine rings is 1.